The lowest BCUT2D eigenvalue weighted by Gasteiger charge is -2.26. The molecular weight excluding hydrogens is 222 g/mol. The molecule has 17 heavy (non-hydrogen) atoms. The van der Waals surface area contributed by atoms with E-state index in [9.17, 15) is 9.59 Å². The summed E-state index contributed by atoms with van der Waals surface area (Å²) in [6.45, 7) is 7.83. The highest BCUT2D eigenvalue weighted by atomic mass is 16.5. The zero-order chi connectivity index (χ0) is 13.3. The topological polar surface area (TPSA) is 66.8 Å². The van der Waals surface area contributed by atoms with E-state index in [-0.39, 0.29) is 6.54 Å². The van der Waals surface area contributed by atoms with Crippen molar-refractivity contribution in [2.45, 2.75) is 32.7 Å². The summed E-state index contributed by atoms with van der Waals surface area (Å²) in [5.41, 5.74) is 0. The summed E-state index contributed by atoms with van der Waals surface area (Å²) in [5, 5.41) is 9.12. The summed E-state index contributed by atoms with van der Waals surface area (Å²) in [6, 6.07) is -0.664. The minimum absolute atomic E-state index is 0.0170. The molecule has 0 amide bonds. The Balaban J connectivity index is 4.60. The van der Waals surface area contributed by atoms with Crippen LogP contribution in [0.5, 0.6) is 0 Å². The van der Waals surface area contributed by atoms with Gasteiger partial charge in [0.2, 0.25) is 0 Å². The SMILES string of the molecule is C=CCN(CC(=O)OCC)C(CCC)C(=O)O. The fraction of sp³-hybridized carbons (Fsp3) is 0.667. The molecule has 0 aromatic heterocycles. The standard InChI is InChI=1S/C12H21NO4/c1-4-7-10(12(15)16)13(8-5-2)9-11(14)17-6-3/h5,10H,2,4,6-9H2,1,3H3,(H,15,16). The largest absolute Gasteiger partial charge is 0.480 e. The molecule has 0 bridgehead atoms. The van der Waals surface area contributed by atoms with Crippen molar-refractivity contribution in [2.24, 2.45) is 0 Å². The molecule has 0 aromatic carbocycles. The van der Waals surface area contributed by atoms with Gasteiger partial charge in [0.25, 0.3) is 0 Å². The Labute approximate surface area is 102 Å². The van der Waals surface area contributed by atoms with Crippen LogP contribution in [0.2, 0.25) is 0 Å². The van der Waals surface area contributed by atoms with E-state index in [4.69, 9.17) is 9.84 Å². The van der Waals surface area contributed by atoms with Crippen molar-refractivity contribution in [3.05, 3.63) is 12.7 Å². The van der Waals surface area contributed by atoms with E-state index in [0.29, 0.717) is 19.6 Å². The van der Waals surface area contributed by atoms with Crippen LogP contribution in [-0.4, -0.2) is 47.7 Å². The Morgan fingerprint density at radius 2 is 2.12 bits per heavy atom. The van der Waals surface area contributed by atoms with Crippen molar-refractivity contribution in [2.75, 3.05) is 19.7 Å². The minimum Gasteiger partial charge on any atom is -0.480 e. The van der Waals surface area contributed by atoms with E-state index in [0.717, 1.165) is 6.42 Å². The lowest BCUT2D eigenvalue weighted by atomic mass is 10.1. The molecule has 0 saturated carbocycles. The summed E-state index contributed by atoms with van der Waals surface area (Å²) in [7, 11) is 0. The van der Waals surface area contributed by atoms with Crippen LogP contribution in [0.3, 0.4) is 0 Å². The molecule has 0 rings (SSSR count). The maximum Gasteiger partial charge on any atom is 0.320 e. The highest BCUT2D eigenvalue weighted by Crippen LogP contribution is 2.08. The third-order valence-electron chi connectivity index (χ3n) is 2.29. The number of ether oxygens (including phenoxy) is 1. The second-order valence-electron chi connectivity index (χ2n) is 3.67. The Morgan fingerprint density at radius 1 is 1.47 bits per heavy atom. The maximum absolute atomic E-state index is 11.4. The van der Waals surface area contributed by atoms with Crippen LogP contribution < -0.4 is 0 Å². The molecule has 5 nitrogen and oxygen atoms in total. The fourth-order valence-electron chi connectivity index (χ4n) is 1.58. The van der Waals surface area contributed by atoms with Gasteiger partial charge in [0.1, 0.15) is 6.04 Å². The van der Waals surface area contributed by atoms with E-state index < -0.39 is 18.0 Å². The van der Waals surface area contributed by atoms with Crippen LogP contribution in [0.15, 0.2) is 12.7 Å². The Hall–Kier alpha value is -1.36. The molecular formula is C12H21NO4. The van der Waals surface area contributed by atoms with Gasteiger partial charge in [0.15, 0.2) is 0 Å². The van der Waals surface area contributed by atoms with Crippen LogP contribution in [0.25, 0.3) is 0 Å². The second kappa shape index (κ2) is 8.75. The predicted molar refractivity (Wildman–Crippen MR) is 64.7 cm³/mol. The monoisotopic (exact) mass is 243 g/mol. The van der Waals surface area contributed by atoms with Crippen molar-refractivity contribution >= 4 is 11.9 Å². The molecule has 0 aromatic rings. The molecule has 5 heteroatoms. The molecule has 98 valence electrons. The summed E-state index contributed by atoms with van der Waals surface area (Å²) in [6.07, 6.45) is 2.83. The molecule has 1 atom stereocenters. The van der Waals surface area contributed by atoms with Gasteiger partial charge in [-0.25, -0.2) is 0 Å². The predicted octanol–water partition coefficient (Wildman–Crippen LogP) is 1.29. The molecule has 0 aliphatic rings. The molecule has 0 aliphatic heterocycles. The quantitative estimate of drug-likeness (QED) is 0.488. The van der Waals surface area contributed by atoms with Crippen LogP contribution in [0.4, 0.5) is 0 Å². The van der Waals surface area contributed by atoms with Gasteiger partial charge in [-0.3, -0.25) is 14.5 Å². The molecule has 0 radical (unpaired) electrons. The van der Waals surface area contributed by atoms with E-state index in [1.807, 2.05) is 6.92 Å². The first-order chi connectivity index (χ1) is 8.06. The smallest absolute Gasteiger partial charge is 0.320 e. The third kappa shape index (κ3) is 6.06. The highest BCUT2D eigenvalue weighted by Gasteiger charge is 2.25. The first-order valence-electron chi connectivity index (χ1n) is 5.80. The van der Waals surface area contributed by atoms with Gasteiger partial charge in [-0.1, -0.05) is 19.4 Å². The molecule has 1 N–H and O–H groups in total. The lowest BCUT2D eigenvalue weighted by Crippen LogP contribution is -2.44. The van der Waals surface area contributed by atoms with Crippen molar-refractivity contribution in [1.82, 2.24) is 4.90 Å². The van der Waals surface area contributed by atoms with Crippen molar-refractivity contribution in [3.8, 4) is 0 Å². The Bertz CT molecular complexity index is 265. The van der Waals surface area contributed by atoms with Gasteiger partial charge in [-0.15, -0.1) is 6.58 Å². The zero-order valence-electron chi connectivity index (χ0n) is 10.5. The molecule has 0 spiro atoms. The number of hydrogen-bond donors (Lipinski definition) is 1. The van der Waals surface area contributed by atoms with E-state index >= 15 is 0 Å². The number of rotatable bonds is 9. The maximum atomic E-state index is 11.4. The Morgan fingerprint density at radius 3 is 2.53 bits per heavy atom. The highest BCUT2D eigenvalue weighted by molar-refractivity contribution is 5.76. The van der Waals surface area contributed by atoms with Gasteiger partial charge in [0.05, 0.1) is 13.2 Å². The molecule has 0 heterocycles. The van der Waals surface area contributed by atoms with Crippen molar-refractivity contribution < 1.29 is 19.4 Å². The fourth-order valence-corrected chi connectivity index (χ4v) is 1.58. The molecule has 0 saturated heterocycles. The summed E-state index contributed by atoms with van der Waals surface area (Å²) < 4.78 is 4.82. The molecule has 0 fully saturated rings. The normalized spacial score (nSPS) is 12.2. The summed E-state index contributed by atoms with van der Waals surface area (Å²) in [4.78, 5) is 24.1. The van der Waals surface area contributed by atoms with Gasteiger partial charge in [0, 0.05) is 6.54 Å². The number of esters is 1. The number of carboxylic acids is 1. The number of carbonyl (C=O) groups is 2. The second-order valence-corrected chi connectivity index (χ2v) is 3.67. The average Bonchev–Trinajstić information content (AvgIpc) is 2.25. The number of nitrogens with zero attached hydrogens (tertiary/aromatic N) is 1. The first-order valence-corrected chi connectivity index (χ1v) is 5.80. The van der Waals surface area contributed by atoms with Crippen LogP contribution in [-0.2, 0) is 14.3 Å². The van der Waals surface area contributed by atoms with Gasteiger partial charge >= 0.3 is 11.9 Å². The van der Waals surface area contributed by atoms with Crippen LogP contribution >= 0.6 is 0 Å². The van der Waals surface area contributed by atoms with Crippen molar-refractivity contribution in [3.63, 3.8) is 0 Å². The minimum atomic E-state index is -0.919. The Kier molecular flexibility index (Phi) is 8.05. The van der Waals surface area contributed by atoms with E-state index in [1.165, 1.54) is 0 Å². The average molecular weight is 243 g/mol. The van der Waals surface area contributed by atoms with Gasteiger partial charge < -0.3 is 9.84 Å². The van der Waals surface area contributed by atoms with Crippen LogP contribution in [0.1, 0.15) is 26.7 Å². The number of aliphatic carboxylic acids is 1. The summed E-state index contributed by atoms with van der Waals surface area (Å²) >= 11 is 0. The first kappa shape index (κ1) is 15.6. The van der Waals surface area contributed by atoms with Gasteiger partial charge in [-0.2, -0.15) is 0 Å². The van der Waals surface area contributed by atoms with Crippen molar-refractivity contribution in [1.29, 1.82) is 0 Å². The number of hydrogen-bond acceptors (Lipinski definition) is 4. The molecule has 0 aliphatic carbocycles. The zero-order valence-corrected chi connectivity index (χ0v) is 10.5. The summed E-state index contributed by atoms with van der Waals surface area (Å²) in [5.74, 6) is -1.32. The number of carboxylic acid groups (broad SMARTS) is 1. The molecule has 1 unspecified atom stereocenters. The van der Waals surface area contributed by atoms with Gasteiger partial charge in [-0.05, 0) is 13.3 Å². The van der Waals surface area contributed by atoms with E-state index in [1.54, 1.807) is 17.9 Å². The van der Waals surface area contributed by atoms with Crippen LogP contribution in [0, 0.1) is 0 Å². The number of carbonyl (C=O) groups excluding carboxylic acids is 1. The third-order valence-corrected chi connectivity index (χ3v) is 2.29. The van der Waals surface area contributed by atoms with E-state index in [2.05, 4.69) is 6.58 Å². The lowest BCUT2D eigenvalue weighted by molar-refractivity contribution is -0.149.